The topological polar surface area (TPSA) is 46.2 Å². The molecule has 6 heteroatoms. The maximum absolute atomic E-state index is 12.3. The molecule has 0 unspecified atom stereocenters. The minimum atomic E-state index is -0.373. The van der Waals surface area contributed by atoms with E-state index < -0.39 is 0 Å². The predicted octanol–water partition coefficient (Wildman–Crippen LogP) is 3.81. The Morgan fingerprint density at radius 3 is 2.53 bits per heavy atom. The van der Waals surface area contributed by atoms with Crippen molar-refractivity contribution in [3.05, 3.63) is 51.9 Å². The van der Waals surface area contributed by atoms with Gasteiger partial charge >= 0.3 is 0 Å². The highest BCUT2D eigenvalue weighted by Gasteiger charge is 2.18. The van der Waals surface area contributed by atoms with Crippen molar-refractivity contribution >= 4 is 51.2 Å². The molecule has 0 aliphatic carbocycles. The number of hydrogen-bond acceptors (Lipinski definition) is 3. The Morgan fingerprint density at radius 1 is 1.21 bits per heavy atom. The fourth-order valence-electron chi connectivity index (χ4n) is 1.53. The molecule has 0 aliphatic rings. The molecule has 0 spiro atoms. The first-order chi connectivity index (χ1) is 9.11. The predicted molar refractivity (Wildman–Crippen MR) is 78.6 cm³/mol. The van der Waals surface area contributed by atoms with Crippen molar-refractivity contribution in [3.8, 4) is 0 Å². The number of halogens is 2. The maximum atomic E-state index is 12.3. The van der Waals surface area contributed by atoms with Gasteiger partial charge in [0.15, 0.2) is 5.78 Å². The van der Waals surface area contributed by atoms with Crippen molar-refractivity contribution in [1.82, 2.24) is 0 Å². The Hall–Kier alpha value is -1.36. The van der Waals surface area contributed by atoms with Crippen molar-refractivity contribution < 1.29 is 9.59 Å². The van der Waals surface area contributed by atoms with Crippen LogP contribution in [0.2, 0.25) is 4.34 Å². The van der Waals surface area contributed by atoms with Gasteiger partial charge in [0.05, 0.1) is 9.90 Å². The zero-order chi connectivity index (χ0) is 13.8. The zero-order valence-electron chi connectivity index (χ0n) is 9.65. The van der Waals surface area contributed by atoms with Crippen LogP contribution in [0.5, 0.6) is 0 Å². The van der Waals surface area contributed by atoms with Crippen LogP contribution in [-0.4, -0.2) is 17.6 Å². The molecule has 0 saturated carbocycles. The second-order valence-corrected chi connectivity index (χ2v) is 5.62. The third kappa shape index (κ3) is 3.35. The number of hydrogen-bond donors (Lipinski definition) is 1. The van der Waals surface area contributed by atoms with Gasteiger partial charge in [-0.05, 0) is 6.07 Å². The zero-order valence-corrected chi connectivity index (χ0v) is 12.0. The molecule has 0 aliphatic heterocycles. The van der Waals surface area contributed by atoms with Gasteiger partial charge in [-0.15, -0.1) is 22.9 Å². The summed E-state index contributed by atoms with van der Waals surface area (Å²) in [7, 11) is 0. The van der Waals surface area contributed by atoms with Gasteiger partial charge < -0.3 is 5.32 Å². The first-order valence-corrected chi connectivity index (χ1v) is 7.09. The summed E-state index contributed by atoms with van der Waals surface area (Å²) < 4.78 is 0.434. The molecule has 19 heavy (non-hydrogen) atoms. The van der Waals surface area contributed by atoms with Crippen LogP contribution in [0.25, 0.3) is 0 Å². The maximum Gasteiger partial charge on any atom is 0.239 e. The van der Waals surface area contributed by atoms with Crippen molar-refractivity contribution in [2.75, 3.05) is 11.2 Å². The lowest BCUT2D eigenvalue weighted by Gasteiger charge is -2.04. The molecule has 1 aromatic carbocycles. The summed E-state index contributed by atoms with van der Waals surface area (Å²) in [4.78, 5) is 23.6. The average Bonchev–Trinajstić information content (AvgIpc) is 2.79. The number of thiophene rings is 1. The second-order valence-electron chi connectivity index (χ2n) is 3.67. The van der Waals surface area contributed by atoms with E-state index >= 15 is 0 Å². The fourth-order valence-corrected chi connectivity index (χ4v) is 2.73. The third-order valence-electron chi connectivity index (χ3n) is 2.36. The number of anilines is 1. The molecule has 2 aromatic rings. The van der Waals surface area contributed by atoms with Gasteiger partial charge in [0.1, 0.15) is 10.9 Å². The SMILES string of the molecule is O=C(CCl)Nc1sc(Cl)cc1C(=O)c1ccccc1. The molecule has 0 saturated heterocycles. The summed E-state index contributed by atoms with van der Waals surface area (Å²) in [6, 6.07) is 10.3. The van der Waals surface area contributed by atoms with Gasteiger partial charge in [0.25, 0.3) is 0 Å². The smallest absolute Gasteiger partial charge is 0.239 e. The molecule has 0 bridgehead atoms. The number of benzene rings is 1. The minimum absolute atomic E-state index is 0.172. The fraction of sp³-hybridized carbons (Fsp3) is 0.0769. The number of nitrogens with one attached hydrogen (secondary N) is 1. The molecule has 0 radical (unpaired) electrons. The Morgan fingerprint density at radius 2 is 1.89 bits per heavy atom. The molecule has 3 nitrogen and oxygen atoms in total. The quantitative estimate of drug-likeness (QED) is 0.689. The molecular formula is C13H9Cl2NO2S. The van der Waals surface area contributed by atoms with Crippen molar-refractivity contribution in [3.63, 3.8) is 0 Å². The van der Waals surface area contributed by atoms with Gasteiger partial charge in [0, 0.05) is 5.56 Å². The largest absolute Gasteiger partial charge is 0.316 e. The molecule has 1 N–H and O–H groups in total. The molecule has 0 atom stereocenters. The van der Waals surface area contributed by atoms with Crippen molar-refractivity contribution in [1.29, 1.82) is 0 Å². The second kappa shape index (κ2) is 6.19. The number of amides is 1. The number of ketones is 1. The highest BCUT2D eigenvalue weighted by Crippen LogP contribution is 2.33. The summed E-state index contributed by atoms with van der Waals surface area (Å²) >= 11 is 12.5. The molecule has 2 rings (SSSR count). The van der Waals surface area contributed by atoms with Crippen LogP contribution >= 0.6 is 34.5 Å². The van der Waals surface area contributed by atoms with Crippen LogP contribution in [0.3, 0.4) is 0 Å². The lowest BCUT2D eigenvalue weighted by Crippen LogP contribution is -2.14. The Kier molecular flexibility index (Phi) is 4.58. The Labute approximate surface area is 124 Å². The van der Waals surface area contributed by atoms with Crippen LogP contribution in [0, 0.1) is 0 Å². The molecule has 1 amide bonds. The lowest BCUT2D eigenvalue weighted by atomic mass is 10.1. The van der Waals surface area contributed by atoms with E-state index in [2.05, 4.69) is 5.32 Å². The highest BCUT2D eigenvalue weighted by molar-refractivity contribution is 7.20. The van der Waals surface area contributed by atoms with Crippen molar-refractivity contribution in [2.45, 2.75) is 0 Å². The first kappa shape index (κ1) is 14.1. The molecule has 1 heterocycles. The van der Waals surface area contributed by atoms with Crippen LogP contribution in [0.1, 0.15) is 15.9 Å². The average molecular weight is 314 g/mol. The van der Waals surface area contributed by atoms with Gasteiger partial charge in [0.2, 0.25) is 5.91 Å². The van der Waals surface area contributed by atoms with E-state index in [1.54, 1.807) is 30.3 Å². The number of carbonyl (C=O) groups is 2. The van der Waals surface area contributed by atoms with Gasteiger partial charge in [-0.2, -0.15) is 0 Å². The van der Waals surface area contributed by atoms with Gasteiger partial charge in [-0.1, -0.05) is 41.9 Å². The summed E-state index contributed by atoms with van der Waals surface area (Å²) in [5.41, 5.74) is 0.915. The summed E-state index contributed by atoms with van der Waals surface area (Å²) in [5.74, 6) is -0.731. The van der Waals surface area contributed by atoms with E-state index in [1.165, 1.54) is 0 Å². The standard InChI is InChI=1S/C13H9Cl2NO2S/c14-7-11(17)16-13-9(6-10(15)19-13)12(18)8-4-2-1-3-5-8/h1-6H,7H2,(H,16,17). The molecule has 98 valence electrons. The number of alkyl halides is 1. The van der Waals surface area contributed by atoms with Gasteiger partial charge in [-0.25, -0.2) is 0 Å². The summed E-state index contributed by atoms with van der Waals surface area (Å²) in [6.45, 7) is 0. The Bertz CT molecular complexity index is 610. The molecular weight excluding hydrogens is 305 g/mol. The summed E-state index contributed by atoms with van der Waals surface area (Å²) in [5, 5.41) is 2.99. The molecule has 0 fully saturated rings. The van der Waals surface area contributed by atoms with E-state index in [4.69, 9.17) is 23.2 Å². The van der Waals surface area contributed by atoms with E-state index in [0.717, 1.165) is 11.3 Å². The summed E-state index contributed by atoms with van der Waals surface area (Å²) in [6.07, 6.45) is 0. The van der Waals surface area contributed by atoms with Crippen LogP contribution in [0.15, 0.2) is 36.4 Å². The van der Waals surface area contributed by atoms with E-state index in [-0.39, 0.29) is 17.6 Å². The highest BCUT2D eigenvalue weighted by atomic mass is 35.5. The third-order valence-corrected chi connectivity index (χ3v) is 3.78. The van der Waals surface area contributed by atoms with Gasteiger partial charge in [-0.3, -0.25) is 9.59 Å². The Balaban J connectivity index is 2.34. The van der Waals surface area contributed by atoms with Crippen molar-refractivity contribution in [2.24, 2.45) is 0 Å². The lowest BCUT2D eigenvalue weighted by molar-refractivity contribution is -0.113. The first-order valence-electron chi connectivity index (χ1n) is 5.36. The molecule has 1 aromatic heterocycles. The number of carbonyl (C=O) groups excluding carboxylic acids is 2. The van der Waals surface area contributed by atoms with E-state index in [0.29, 0.717) is 20.5 Å². The number of rotatable bonds is 4. The monoisotopic (exact) mass is 313 g/mol. The van der Waals surface area contributed by atoms with E-state index in [9.17, 15) is 9.59 Å². The van der Waals surface area contributed by atoms with E-state index in [1.807, 2.05) is 6.07 Å². The minimum Gasteiger partial charge on any atom is -0.316 e. The van der Waals surface area contributed by atoms with Crippen LogP contribution < -0.4 is 5.32 Å². The van der Waals surface area contributed by atoms with Crippen LogP contribution in [-0.2, 0) is 4.79 Å². The van der Waals surface area contributed by atoms with Crippen LogP contribution in [0.4, 0.5) is 5.00 Å². The normalized spacial score (nSPS) is 10.2.